The summed E-state index contributed by atoms with van der Waals surface area (Å²) >= 11 is 16.2. The van der Waals surface area contributed by atoms with Crippen LogP contribution in [-0.4, -0.2) is 15.9 Å². The number of carbonyl (C=O) groups is 1. The van der Waals surface area contributed by atoms with Crippen LogP contribution in [0.2, 0.25) is 0 Å². The van der Waals surface area contributed by atoms with Gasteiger partial charge in [0.2, 0.25) is 0 Å². The fourth-order valence-corrected chi connectivity index (χ4v) is 1.70. The van der Waals surface area contributed by atoms with Gasteiger partial charge in [-0.25, -0.2) is 4.79 Å². The SMILES string of the molecule is CC1CCC(OC(=O)C(Cl)(Cl)Cl)CC1. The molecule has 0 spiro atoms. The molecule has 1 aliphatic carbocycles. The summed E-state index contributed by atoms with van der Waals surface area (Å²) in [6, 6.07) is 0. The molecular weight excluding hydrogens is 246 g/mol. The minimum atomic E-state index is -1.94. The average molecular weight is 260 g/mol. The van der Waals surface area contributed by atoms with Crippen molar-refractivity contribution in [2.75, 3.05) is 0 Å². The molecule has 0 unspecified atom stereocenters. The lowest BCUT2D eigenvalue weighted by Gasteiger charge is -2.26. The molecule has 0 radical (unpaired) electrons. The first-order chi connectivity index (χ1) is 6.39. The Kier molecular flexibility index (Phi) is 4.35. The number of carbonyl (C=O) groups excluding carboxylic acids is 1. The minimum absolute atomic E-state index is 0.0747. The van der Waals surface area contributed by atoms with Gasteiger partial charge in [0, 0.05) is 0 Å². The van der Waals surface area contributed by atoms with E-state index in [-0.39, 0.29) is 6.10 Å². The Hall–Kier alpha value is 0.340. The van der Waals surface area contributed by atoms with Gasteiger partial charge < -0.3 is 4.74 Å². The van der Waals surface area contributed by atoms with Crippen LogP contribution in [-0.2, 0) is 9.53 Å². The number of halogens is 3. The van der Waals surface area contributed by atoms with E-state index in [1.165, 1.54) is 0 Å². The Labute approximate surface area is 98.8 Å². The molecule has 1 aliphatic rings. The van der Waals surface area contributed by atoms with Gasteiger partial charge in [-0.2, -0.15) is 0 Å². The zero-order chi connectivity index (χ0) is 10.8. The highest BCUT2D eigenvalue weighted by Crippen LogP contribution is 2.31. The van der Waals surface area contributed by atoms with Gasteiger partial charge >= 0.3 is 5.97 Å². The molecule has 0 aromatic rings. The van der Waals surface area contributed by atoms with E-state index in [0.29, 0.717) is 5.92 Å². The predicted octanol–water partition coefficient (Wildman–Crippen LogP) is 3.48. The van der Waals surface area contributed by atoms with Crippen molar-refractivity contribution in [3.63, 3.8) is 0 Å². The Bertz CT molecular complexity index is 205. The fraction of sp³-hybridized carbons (Fsp3) is 0.889. The lowest BCUT2D eigenvalue weighted by molar-refractivity contribution is -0.149. The van der Waals surface area contributed by atoms with Crippen molar-refractivity contribution in [2.24, 2.45) is 5.92 Å². The minimum Gasteiger partial charge on any atom is -0.459 e. The third kappa shape index (κ3) is 3.84. The smallest absolute Gasteiger partial charge is 0.358 e. The number of ether oxygens (including phenoxy) is 1. The lowest BCUT2D eigenvalue weighted by atomic mass is 9.89. The third-order valence-electron chi connectivity index (χ3n) is 2.47. The molecule has 0 atom stereocenters. The molecule has 0 aromatic heterocycles. The average Bonchev–Trinajstić information content (AvgIpc) is 2.07. The van der Waals surface area contributed by atoms with E-state index in [9.17, 15) is 4.79 Å². The number of hydrogen-bond donors (Lipinski definition) is 0. The van der Waals surface area contributed by atoms with E-state index in [0.717, 1.165) is 25.7 Å². The summed E-state index contributed by atoms with van der Waals surface area (Å²) < 4.78 is 3.13. The Morgan fingerprint density at radius 3 is 2.14 bits per heavy atom. The van der Waals surface area contributed by atoms with Gasteiger partial charge in [-0.05, 0) is 31.6 Å². The molecule has 14 heavy (non-hydrogen) atoms. The van der Waals surface area contributed by atoms with E-state index in [4.69, 9.17) is 39.5 Å². The molecule has 0 N–H and O–H groups in total. The van der Waals surface area contributed by atoms with Crippen molar-refractivity contribution in [1.82, 2.24) is 0 Å². The van der Waals surface area contributed by atoms with E-state index < -0.39 is 9.76 Å². The zero-order valence-corrected chi connectivity index (χ0v) is 10.2. The lowest BCUT2D eigenvalue weighted by Crippen LogP contribution is -2.30. The number of esters is 1. The molecule has 0 aromatic carbocycles. The van der Waals surface area contributed by atoms with Crippen molar-refractivity contribution >= 4 is 40.8 Å². The Balaban J connectivity index is 2.35. The van der Waals surface area contributed by atoms with Gasteiger partial charge in [0.05, 0.1) is 0 Å². The van der Waals surface area contributed by atoms with Crippen LogP contribution in [0.5, 0.6) is 0 Å². The molecule has 82 valence electrons. The first kappa shape index (κ1) is 12.4. The molecule has 2 nitrogen and oxygen atoms in total. The highest BCUT2D eigenvalue weighted by molar-refractivity contribution is 6.75. The summed E-state index contributed by atoms with van der Waals surface area (Å²) in [7, 11) is 0. The normalized spacial score (nSPS) is 28.6. The van der Waals surface area contributed by atoms with E-state index in [1.54, 1.807) is 0 Å². The number of hydrogen-bond acceptors (Lipinski definition) is 2. The number of alkyl halides is 3. The van der Waals surface area contributed by atoms with Gasteiger partial charge in [0.15, 0.2) is 0 Å². The van der Waals surface area contributed by atoms with Crippen molar-refractivity contribution in [1.29, 1.82) is 0 Å². The first-order valence-electron chi connectivity index (χ1n) is 4.67. The fourth-order valence-electron chi connectivity index (χ4n) is 1.57. The summed E-state index contributed by atoms with van der Waals surface area (Å²) in [5.41, 5.74) is 0. The summed E-state index contributed by atoms with van der Waals surface area (Å²) in [5.74, 6) is -0.0558. The standard InChI is InChI=1S/C9H13Cl3O2/c1-6-2-4-7(5-3-6)14-8(13)9(10,11)12/h6-7H,2-5H2,1H3. The second-order valence-electron chi connectivity index (χ2n) is 3.78. The van der Waals surface area contributed by atoms with E-state index in [2.05, 4.69) is 6.92 Å². The van der Waals surface area contributed by atoms with Crippen molar-refractivity contribution in [2.45, 2.75) is 42.5 Å². The molecule has 1 saturated carbocycles. The molecule has 0 bridgehead atoms. The largest absolute Gasteiger partial charge is 0.459 e. The van der Waals surface area contributed by atoms with Crippen LogP contribution in [0.3, 0.4) is 0 Å². The zero-order valence-electron chi connectivity index (χ0n) is 7.93. The Morgan fingerprint density at radius 2 is 1.71 bits per heavy atom. The predicted molar refractivity (Wildman–Crippen MR) is 57.8 cm³/mol. The van der Waals surface area contributed by atoms with Gasteiger partial charge in [0.1, 0.15) is 6.10 Å². The van der Waals surface area contributed by atoms with Crippen molar-refractivity contribution in [3.8, 4) is 0 Å². The molecule has 0 saturated heterocycles. The molecule has 0 heterocycles. The maximum Gasteiger partial charge on any atom is 0.358 e. The van der Waals surface area contributed by atoms with Gasteiger partial charge in [-0.1, -0.05) is 41.7 Å². The van der Waals surface area contributed by atoms with E-state index in [1.807, 2.05) is 0 Å². The third-order valence-corrected chi connectivity index (χ3v) is 2.93. The summed E-state index contributed by atoms with van der Waals surface area (Å²) in [6.07, 6.45) is 3.80. The maximum atomic E-state index is 11.2. The van der Waals surface area contributed by atoms with Crippen LogP contribution >= 0.6 is 34.8 Å². The van der Waals surface area contributed by atoms with Crippen LogP contribution in [0.1, 0.15) is 32.6 Å². The van der Waals surface area contributed by atoms with Crippen LogP contribution in [0, 0.1) is 5.92 Å². The summed E-state index contributed by atoms with van der Waals surface area (Å²) in [6.45, 7) is 2.19. The van der Waals surface area contributed by atoms with Crippen LogP contribution in [0.25, 0.3) is 0 Å². The van der Waals surface area contributed by atoms with Gasteiger partial charge in [0.25, 0.3) is 3.79 Å². The highest BCUT2D eigenvalue weighted by atomic mass is 35.6. The van der Waals surface area contributed by atoms with Crippen molar-refractivity contribution < 1.29 is 9.53 Å². The summed E-state index contributed by atoms with van der Waals surface area (Å²) in [5, 5.41) is 0. The van der Waals surface area contributed by atoms with E-state index >= 15 is 0 Å². The monoisotopic (exact) mass is 258 g/mol. The maximum absolute atomic E-state index is 11.2. The second kappa shape index (κ2) is 4.91. The van der Waals surface area contributed by atoms with Gasteiger partial charge in [-0.15, -0.1) is 0 Å². The number of rotatable bonds is 1. The molecule has 0 aliphatic heterocycles. The molecule has 1 fully saturated rings. The topological polar surface area (TPSA) is 26.3 Å². The van der Waals surface area contributed by atoms with Crippen LogP contribution < -0.4 is 0 Å². The van der Waals surface area contributed by atoms with Crippen LogP contribution in [0.4, 0.5) is 0 Å². The quantitative estimate of drug-likeness (QED) is 0.532. The molecular formula is C9H13Cl3O2. The molecule has 5 heteroatoms. The van der Waals surface area contributed by atoms with Crippen molar-refractivity contribution in [3.05, 3.63) is 0 Å². The summed E-state index contributed by atoms with van der Waals surface area (Å²) in [4.78, 5) is 11.2. The molecule has 1 rings (SSSR count). The van der Waals surface area contributed by atoms with Gasteiger partial charge in [-0.3, -0.25) is 0 Å². The second-order valence-corrected chi connectivity index (χ2v) is 6.07. The van der Waals surface area contributed by atoms with Crippen LogP contribution in [0.15, 0.2) is 0 Å². The highest BCUT2D eigenvalue weighted by Gasteiger charge is 2.35. The first-order valence-corrected chi connectivity index (χ1v) is 5.81. The molecule has 0 amide bonds. The Morgan fingerprint density at radius 1 is 1.21 bits per heavy atom.